The fourth-order valence-electron chi connectivity index (χ4n) is 3.45. The van der Waals surface area contributed by atoms with Crippen molar-refractivity contribution in [3.05, 3.63) is 0 Å². The monoisotopic (exact) mass is 250 g/mol. The number of piperidine rings is 1. The van der Waals surface area contributed by atoms with Crippen molar-refractivity contribution in [2.24, 2.45) is 11.8 Å². The quantitative estimate of drug-likeness (QED) is 0.765. The summed E-state index contributed by atoms with van der Waals surface area (Å²) in [4.78, 5) is 25.6. The van der Waals surface area contributed by atoms with Crippen molar-refractivity contribution < 1.29 is 9.59 Å². The number of amides is 2. The van der Waals surface area contributed by atoms with Crippen LogP contribution in [-0.4, -0.2) is 35.3 Å². The van der Waals surface area contributed by atoms with Gasteiger partial charge in [-0.05, 0) is 45.1 Å². The van der Waals surface area contributed by atoms with Gasteiger partial charge in [-0.25, -0.2) is 0 Å². The molecule has 2 amide bonds. The van der Waals surface area contributed by atoms with Crippen molar-refractivity contribution in [1.29, 1.82) is 0 Å². The summed E-state index contributed by atoms with van der Waals surface area (Å²) in [6.45, 7) is 3.24. The van der Waals surface area contributed by atoms with E-state index >= 15 is 0 Å². The third-order valence-corrected chi connectivity index (χ3v) is 4.64. The molecule has 3 aliphatic rings. The van der Waals surface area contributed by atoms with Crippen LogP contribution in [0.15, 0.2) is 0 Å². The molecule has 4 heteroatoms. The average molecular weight is 250 g/mol. The highest BCUT2D eigenvalue weighted by Crippen LogP contribution is 2.48. The molecule has 0 aromatic rings. The minimum absolute atomic E-state index is 0.0634. The molecular weight excluding hydrogens is 228 g/mol. The van der Waals surface area contributed by atoms with Crippen LogP contribution in [0.5, 0.6) is 0 Å². The average Bonchev–Trinajstić information content (AvgIpc) is 3.13. The normalized spacial score (nSPS) is 39.1. The first-order valence-corrected chi connectivity index (χ1v) is 7.32. The van der Waals surface area contributed by atoms with Crippen LogP contribution in [0.4, 0.5) is 0 Å². The Morgan fingerprint density at radius 2 is 1.72 bits per heavy atom. The molecule has 2 unspecified atom stereocenters. The number of carbonyl (C=O) groups is 2. The third-order valence-electron chi connectivity index (χ3n) is 4.64. The van der Waals surface area contributed by atoms with Crippen LogP contribution in [0.3, 0.4) is 0 Å². The Kier molecular flexibility index (Phi) is 3.14. The van der Waals surface area contributed by atoms with Gasteiger partial charge in [0.2, 0.25) is 11.8 Å². The van der Waals surface area contributed by atoms with Crippen molar-refractivity contribution in [1.82, 2.24) is 10.2 Å². The molecule has 0 aromatic carbocycles. The molecule has 4 nitrogen and oxygen atoms in total. The van der Waals surface area contributed by atoms with E-state index < -0.39 is 0 Å². The van der Waals surface area contributed by atoms with Crippen LogP contribution in [0, 0.1) is 11.8 Å². The van der Waals surface area contributed by atoms with E-state index in [9.17, 15) is 9.59 Å². The second-order valence-corrected chi connectivity index (χ2v) is 5.95. The molecule has 3 fully saturated rings. The summed E-state index contributed by atoms with van der Waals surface area (Å²) in [6.07, 6.45) is 6.14. The van der Waals surface area contributed by atoms with E-state index in [1.165, 1.54) is 0 Å². The molecule has 2 saturated carbocycles. The van der Waals surface area contributed by atoms with Gasteiger partial charge in [0.05, 0.1) is 11.8 Å². The summed E-state index contributed by atoms with van der Waals surface area (Å²) in [5.74, 6) is 0.367. The number of fused-ring (bicyclic) bond motifs is 1. The first-order chi connectivity index (χ1) is 8.72. The van der Waals surface area contributed by atoms with Crippen LogP contribution < -0.4 is 5.32 Å². The van der Waals surface area contributed by atoms with Gasteiger partial charge in [-0.3, -0.25) is 14.5 Å². The van der Waals surface area contributed by atoms with Gasteiger partial charge < -0.3 is 5.32 Å². The van der Waals surface area contributed by atoms with Gasteiger partial charge in [-0.2, -0.15) is 0 Å². The Bertz CT molecular complexity index is 341. The van der Waals surface area contributed by atoms with E-state index in [1.54, 1.807) is 4.90 Å². The summed E-state index contributed by atoms with van der Waals surface area (Å²) < 4.78 is 0. The topological polar surface area (TPSA) is 49.4 Å². The van der Waals surface area contributed by atoms with Crippen LogP contribution in [0.1, 0.15) is 45.4 Å². The van der Waals surface area contributed by atoms with E-state index in [2.05, 4.69) is 12.2 Å². The maximum atomic E-state index is 12.0. The van der Waals surface area contributed by atoms with Crippen molar-refractivity contribution in [3.63, 3.8) is 0 Å². The van der Waals surface area contributed by atoms with Crippen molar-refractivity contribution in [3.8, 4) is 0 Å². The zero-order valence-electron chi connectivity index (χ0n) is 11.0. The molecule has 1 aliphatic heterocycles. The predicted octanol–water partition coefficient (Wildman–Crippen LogP) is 1.30. The number of rotatable bonds is 4. The number of hydrogen-bond acceptors (Lipinski definition) is 3. The van der Waals surface area contributed by atoms with Gasteiger partial charge in [-0.15, -0.1) is 0 Å². The Morgan fingerprint density at radius 3 is 2.28 bits per heavy atom. The molecular formula is C14H22N2O2. The van der Waals surface area contributed by atoms with Crippen LogP contribution in [-0.2, 0) is 9.59 Å². The van der Waals surface area contributed by atoms with Gasteiger partial charge in [0, 0.05) is 12.1 Å². The molecule has 1 saturated heterocycles. The Hall–Kier alpha value is -0.900. The van der Waals surface area contributed by atoms with E-state index in [0.29, 0.717) is 6.04 Å². The molecule has 1 heterocycles. The number of imide groups is 1. The first kappa shape index (κ1) is 12.2. The highest BCUT2D eigenvalue weighted by Gasteiger charge is 2.60. The summed E-state index contributed by atoms with van der Waals surface area (Å²) in [5, 5.41) is 3.53. The molecule has 2 aliphatic carbocycles. The lowest BCUT2D eigenvalue weighted by Crippen LogP contribution is -2.46. The lowest BCUT2D eigenvalue weighted by molar-refractivity contribution is -0.144. The number of carbonyl (C=O) groups excluding carboxylic acids is 2. The highest BCUT2D eigenvalue weighted by molar-refractivity contribution is 6.09. The first-order valence-electron chi connectivity index (χ1n) is 7.32. The summed E-state index contributed by atoms with van der Waals surface area (Å²) in [7, 11) is 0. The molecule has 100 valence electrons. The van der Waals surface area contributed by atoms with E-state index in [0.717, 1.165) is 45.1 Å². The number of nitrogens with one attached hydrogen (secondary N) is 1. The molecule has 1 N–H and O–H groups in total. The molecule has 18 heavy (non-hydrogen) atoms. The summed E-state index contributed by atoms with van der Waals surface area (Å²) >= 11 is 0. The van der Waals surface area contributed by atoms with Gasteiger partial charge in [0.15, 0.2) is 0 Å². The van der Waals surface area contributed by atoms with Crippen LogP contribution in [0.25, 0.3) is 0 Å². The molecule has 0 spiro atoms. The maximum absolute atomic E-state index is 12.0. The van der Waals surface area contributed by atoms with Crippen LogP contribution >= 0.6 is 0 Å². The number of nitrogens with zero attached hydrogens (tertiary/aromatic N) is 1. The Labute approximate surface area is 108 Å². The molecule has 2 atom stereocenters. The Balaban J connectivity index is 1.54. The van der Waals surface area contributed by atoms with Crippen molar-refractivity contribution in [2.75, 3.05) is 6.54 Å². The van der Waals surface area contributed by atoms with Gasteiger partial charge in [0.25, 0.3) is 0 Å². The lowest BCUT2D eigenvalue weighted by atomic mass is 9.90. The second kappa shape index (κ2) is 4.65. The van der Waals surface area contributed by atoms with Crippen molar-refractivity contribution >= 4 is 11.8 Å². The molecule has 0 aromatic heterocycles. The fourth-order valence-corrected chi connectivity index (χ4v) is 3.45. The van der Waals surface area contributed by atoms with Crippen LogP contribution in [0.2, 0.25) is 0 Å². The second-order valence-electron chi connectivity index (χ2n) is 5.95. The highest BCUT2D eigenvalue weighted by atomic mass is 16.2. The minimum Gasteiger partial charge on any atom is -0.314 e. The molecule has 3 rings (SSSR count). The maximum Gasteiger partial charge on any atom is 0.233 e. The fraction of sp³-hybridized carbons (Fsp3) is 0.857. The summed E-state index contributed by atoms with van der Waals surface area (Å²) in [5.41, 5.74) is 0. The zero-order valence-corrected chi connectivity index (χ0v) is 11.0. The third kappa shape index (κ3) is 1.96. The number of likely N-dealkylation sites (tertiary alicyclic amines) is 1. The minimum atomic E-state index is 0.0634. The van der Waals surface area contributed by atoms with Gasteiger partial charge in [-0.1, -0.05) is 6.92 Å². The summed E-state index contributed by atoms with van der Waals surface area (Å²) in [6, 6.07) is 0.779. The number of hydrogen-bond donors (Lipinski definition) is 1. The zero-order chi connectivity index (χ0) is 12.7. The molecule has 0 radical (unpaired) electrons. The Morgan fingerprint density at radius 1 is 1.11 bits per heavy atom. The standard InChI is InChI=1S/C14H22N2O2/c1-2-7-15-9-3-5-10(6-4-9)16-13(17)11-8-12(11)14(16)18/h9-12,15H,2-8H2,1H3. The lowest BCUT2D eigenvalue weighted by Gasteiger charge is -2.34. The largest absolute Gasteiger partial charge is 0.314 e. The smallest absolute Gasteiger partial charge is 0.233 e. The van der Waals surface area contributed by atoms with E-state index in [4.69, 9.17) is 0 Å². The van der Waals surface area contributed by atoms with E-state index in [1.807, 2.05) is 0 Å². The van der Waals surface area contributed by atoms with Crippen molar-refractivity contribution in [2.45, 2.75) is 57.5 Å². The SMILES string of the molecule is CCCNC1CCC(N2C(=O)C3CC3C2=O)CC1. The predicted molar refractivity (Wildman–Crippen MR) is 67.8 cm³/mol. The van der Waals surface area contributed by atoms with Gasteiger partial charge >= 0.3 is 0 Å². The van der Waals surface area contributed by atoms with E-state index in [-0.39, 0.29) is 29.7 Å². The molecule has 0 bridgehead atoms. The van der Waals surface area contributed by atoms with Gasteiger partial charge in [0.1, 0.15) is 0 Å².